The van der Waals surface area contributed by atoms with Crippen molar-refractivity contribution >= 4 is 22.6 Å². The Kier molecular flexibility index (Phi) is 1.71. The van der Waals surface area contributed by atoms with Crippen molar-refractivity contribution in [3.8, 4) is 0 Å². The van der Waals surface area contributed by atoms with E-state index in [0.29, 0.717) is 11.0 Å². The van der Waals surface area contributed by atoms with Crippen molar-refractivity contribution in [1.29, 1.82) is 0 Å². The smallest absolute Gasteiger partial charge is 0.132 e. The summed E-state index contributed by atoms with van der Waals surface area (Å²) in [5.74, 6) is 0.802. The molecule has 1 aliphatic rings. The van der Waals surface area contributed by atoms with Gasteiger partial charge in [-0.15, -0.1) is 10.2 Å². The van der Waals surface area contributed by atoms with E-state index in [9.17, 15) is 0 Å². The minimum Gasteiger partial charge on any atom is -0.386 e. The molecule has 4 heteroatoms. The summed E-state index contributed by atoms with van der Waals surface area (Å²) in [5.41, 5.74) is 5.37. The van der Waals surface area contributed by atoms with Crippen LogP contribution in [0.15, 0.2) is 10.2 Å². The van der Waals surface area contributed by atoms with Crippen LogP contribution in [0.4, 0.5) is 0 Å². The summed E-state index contributed by atoms with van der Waals surface area (Å²) in [5, 5.41) is 7.79. The molecule has 9 heavy (non-hydrogen) atoms. The lowest BCUT2D eigenvalue weighted by Crippen LogP contribution is -2.21. The van der Waals surface area contributed by atoms with E-state index < -0.39 is 0 Å². The van der Waals surface area contributed by atoms with Gasteiger partial charge in [-0.25, -0.2) is 0 Å². The van der Waals surface area contributed by atoms with Crippen molar-refractivity contribution in [3.63, 3.8) is 0 Å². The predicted molar refractivity (Wildman–Crippen MR) is 38.7 cm³/mol. The molecule has 1 rings (SSSR count). The Labute approximate surface area is 58.6 Å². The number of amidine groups is 1. The third-order valence-corrected chi connectivity index (χ3v) is 1.64. The summed E-state index contributed by atoms with van der Waals surface area (Å²) in [6, 6.07) is 0. The monoisotopic (exact) mass is 145 g/mol. The highest BCUT2D eigenvalue weighted by Crippen LogP contribution is 2.12. The van der Waals surface area contributed by atoms with Crippen molar-refractivity contribution in [2.75, 3.05) is 0 Å². The second kappa shape index (κ2) is 2.35. The van der Waals surface area contributed by atoms with Crippen LogP contribution in [-0.2, 0) is 0 Å². The Balaban J connectivity index is 2.74. The SMILES string of the molecule is CC1CC(N)=NN=C1Cl. The van der Waals surface area contributed by atoms with E-state index in [1.807, 2.05) is 6.92 Å². The zero-order valence-corrected chi connectivity index (χ0v) is 5.89. The average Bonchev–Trinajstić information content (AvgIpc) is 1.80. The molecule has 0 saturated heterocycles. The van der Waals surface area contributed by atoms with Gasteiger partial charge in [0.15, 0.2) is 0 Å². The molecular formula is C5H8ClN3. The van der Waals surface area contributed by atoms with E-state index >= 15 is 0 Å². The van der Waals surface area contributed by atoms with Gasteiger partial charge < -0.3 is 5.73 Å². The topological polar surface area (TPSA) is 50.7 Å². The van der Waals surface area contributed by atoms with Crippen LogP contribution in [0, 0.1) is 5.92 Å². The lowest BCUT2D eigenvalue weighted by Gasteiger charge is -2.10. The molecular weight excluding hydrogens is 138 g/mol. The average molecular weight is 146 g/mol. The molecule has 0 aromatic rings. The molecule has 0 aromatic heterocycles. The van der Waals surface area contributed by atoms with Gasteiger partial charge in [-0.3, -0.25) is 0 Å². The van der Waals surface area contributed by atoms with Crippen molar-refractivity contribution in [3.05, 3.63) is 0 Å². The first-order valence-electron chi connectivity index (χ1n) is 2.75. The number of rotatable bonds is 0. The highest BCUT2D eigenvalue weighted by molar-refractivity contribution is 6.66. The van der Waals surface area contributed by atoms with Crippen LogP contribution < -0.4 is 5.73 Å². The fourth-order valence-electron chi connectivity index (χ4n) is 0.649. The second-order valence-corrected chi connectivity index (χ2v) is 2.51. The third kappa shape index (κ3) is 1.42. The summed E-state index contributed by atoms with van der Waals surface area (Å²) in [7, 11) is 0. The molecule has 3 nitrogen and oxygen atoms in total. The van der Waals surface area contributed by atoms with Gasteiger partial charge in [0.05, 0.1) is 0 Å². The molecule has 0 amide bonds. The largest absolute Gasteiger partial charge is 0.386 e. The first kappa shape index (κ1) is 6.55. The molecule has 1 aliphatic heterocycles. The van der Waals surface area contributed by atoms with Gasteiger partial charge in [0, 0.05) is 12.3 Å². The van der Waals surface area contributed by atoms with Gasteiger partial charge in [0.2, 0.25) is 0 Å². The molecule has 0 fully saturated rings. The molecule has 1 unspecified atom stereocenters. The molecule has 1 atom stereocenters. The van der Waals surface area contributed by atoms with Gasteiger partial charge in [-0.2, -0.15) is 0 Å². The Bertz CT molecular complexity index is 173. The highest BCUT2D eigenvalue weighted by Gasteiger charge is 2.13. The van der Waals surface area contributed by atoms with E-state index in [1.54, 1.807) is 0 Å². The first-order valence-corrected chi connectivity index (χ1v) is 3.13. The molecule has 50 valence electrons. The maximum atomic E-state index is 5.62. The van der Waals surface area contributed by atoms with E-state index in [4.69, 9.17) is 17.3 Å². The van der Waals surface area contributed by atoms with Gasteiger partial charge in [0.1, 0.15) is 11.0 Å². The molecule has 0 aliphatic carbocycles. The van der Waals surface area contributed by atoms with Crippen molar-refractivity contribution in [2.24, 2.45) is 21.9 Å². The lowest BCUT2D eigenvalue weighted by molar-refractivity contribution is 0.795. The summed E-state index contributed by atoms with van der Waals surface area (Å²) in [6.07, 6.45) is 0.725. The Morgan fingerprint density at radius 3 is 2.78 bits per heavy atom. The number of hydrogen-bond acceptors (Lipinski definition) is 3. The first-order chi connectivity index (χ1) is 4.20. The van der Waals surface area contributed by atoms with E-state index in [0.717, 1.165) is 6.42 Å². The fourth-order valence-corrected chi connectivity index (χ4v) is 0.764. The minimum atomic E-state index is 0.240. The number of halogens is 1. The van der Waals surface area contributed by atoms with Gasteiger partial charge in [-0.05, 0) is 0 Å². The molecule has 0 radical (unpaired) electrons. The maximum Gasteiger partial charge on any atom is 0.132 e. The maximum absolute atomic E-state index is 5.62. The van der Waals surface area contributed by atoms with Crippen molar-refractivity contribution in [1.82, 2.24) is 0 Å². The summed E-state index contributed by atoms with van der Waals surface area (Å²) >= 11 is 5.62. The van der Waals surface area contributed by atoms with Crippen molar-refractivity contribution in [2.45, 2.75) is 13.3 Å². The minimum absolute atomic E-state index is 0.240. The quantitative estimate of drug-likeness (QED) is 0.542. The van der Waals surface area contributed by atoms with Gasteiger partial charge in [-0.1, -0.05) is 18.5 Å². The lowest BCUT2D eigenvalue weighted by atomic mass is 10.1. The van der Waals surface area contributed by atoms with E-state index in [1.165, 1.54) is 0 Å². The van der Waals surface area contributed by atoms with Gasteiger partial charge in [0.25, 0.3) is 0 Å². The second-order valence-electron chi connectivity index (χ2n) is 2.12. The molecule has 1 heterocycles. The zero-order valence-electron chi connectivity index (χ0n) is 5.13. The number of hydrogen-bond donors (Lipinski definition) is 1. The predicted octanol–water partition coefficient (Wildman–Crippen LogP) is 0.936. The van der Waals surface area contributed by atoms with Crippen LogP contribution in [-0.4, -0.2) is 11.0 Å². The Hall–Kier alpha value is -0.570. The molecule has 0 saturated carbocycles. The van der Waals surface area contributed by atoms with Crippen LogP contribution in [0.3, 0.4) is 0 Å². The highest BCUT2D eigenvalue weighted by atomic mass is 35.5. The molecule has 2 N–H and O–H groups in total. The number of nitrogens with zero attached hydrogens (tertiary/aromatic N) is 2. The van der Waals surface area contributed by atoms with Crippen molar-refractivity contribution < 1.29 is 0 Å². The zero-order chi connectivity index (χ0) is 6.85. The van der Waals surface area contributed by atoms with Crippen LogP contribution in [0.5, 0.6) is 0 Å². The summed E-state index contributed by atoms with van der Waals surface area (Å²) < 4.78 is 0. The molecule has 0 aromatic carbocycles. The number of nitrogens with two attached hydrogens (primary N) is 1. The molecule has 0 spiro atoms. The van der Waals surface area contributed by atoms with Crippen LogP contribution >= 0.6 is 11.6 Å². The van der Waals surface area contributed by atoms with Crippen LogP contribution in [0.2, 0.25) is 0 Å². The third-order valence-electron chi connectivity index (χ3n) is 1.20. The summed E-state index contributed by atoms with van der Waals surface area (Å²) in [6.45, 7) is 1.97. The molecule has 0 bridgehead atoms. The normalized spacial score (nSPS) is 27.1. The van der Waals surface area contributed by atoms with Gasteiger partial charge >= 0.3 is 0 Å². The van der Waals surface area contributed by atoms with E-state index in [2.05, 4.69) is 10.2 Å². The van der Waals surface area contributed by atoms with Crippen LogP contribution in [0.25, 0.3) is 0 Å². The Morgan fingerprint density at radius 1 is 1.67 bits per heavy atom. The van der Waals surface area contributed by atoms with E-state index in [-0.39, 0.29) is 5.92 Å². The Morgan fingerprint density at radius 2 is 2.33 bits per heavy atom. The standard InChI is InChI=1S/C5H8ClN3/c1-3-2-4(7)8-9-5(3)6/h3H,2H2,1H3,(H2,7,8). The fraction of sp³-hybridized carbons (Fsp3) is 0.600. The van der Waals surface area contributed by atoms with Crippen LogP contribution in [0.1, 0.15) is 13.3 Å². The summed E-state index contributed by atoms with van der Waals surface area (Å²) in [4.78, 5) is 0.